The molecular formula is C16H21Cl2N3. The van der Waals surface area contributed by atoms with Crippen LogP contribution in [0.1, 0.15) is 39.4 Å². The van der Waals surface area contributed by atoms with E-state index >= 15 is 0 Å². The fourth-order valence-corrected chi connectivity index (χ4v) is 2.91. The summed E-state index contributed by atoms with van der Waals surface area (Å²) in [7, 11) is 0. The van der Waals surface area contributed by atoms with E-state index in [2.05, 4.69) is 32.3 Å². The van der Waals surface area contributed by atoms with Crippen molar-refractivity contribution in [2.45, 2.75) is 40.2 Å². The highest BCUT2D eigenvalue weighted by Gasteiger charge is 2.19. The number of nitrogens with zero attached hydrogens (tertiary/aromatic N) is 2. The van der Waals surface area contributed by atoms with Gasteiger partial charge in [0.15, 0.2) is 0 Å². The molecule has 1 aromatic heterocycles. The van der Waals surface area contributed by atoms with Gasteiger partial charge in [-0.05, 0) is 24.1 Å². The Labute approximate surface area is 136 Å². The van der Waals surface area contributed by atoms with Gasteiger partial charge in [0.25, 0.3) is 0 Å². The van der Waals surface area contributed by atoms with E-state index in [4.69, 9.17) is 33.9 Å². The SMILES string of the molecule is CC(C)Cn1c(C(C)C)nc(-c2cc(Cl)cc(Cl)c2)c1N. The molecule has 1 heterocycles. The molecule has 0 amide bonds. The van der Waals surface area contributed by atoms with Crippen molar-refractivity contribution in [3.8, 4) is 11.3 Å². The average molecular weight is 326 g/mol. The average Bonchev–Trinajstić information content (AvgIpc) is 2.65. The number of anilines is 1. The van der Waals surface area contributed by atoms with Gasteiger partial charge in [-0.3, -0.25) is 0 Å². The summed E-state index contributed by atoms with van der Waals surface area (Å²) in [6.07, 6.45) is 0. The van der Waals surface area contributed by atoms with Gasteiger partial charge in [-0.15, -0.1) is 0 Å². The van der Waals surface area contributed by atoms with Crippen molar-refractivity contribution in [3.63, 3.8) is 0 Å². The molecule has 0 radical (unpaired) electrons. The normalized spacial score (nSPS) is 11.6. The van der Waals surface area contributed by atoms with Crippen LogP contribution in [0, 0.1) is 5.92 Å². The fourth-order valence-electron chi connectivity index (χ4n) is 2.38. The Kier molecular flexibility index (Phi) is 4.84. The second-order valence-electron chi connectivity index (χ2n) is 6.02. The predicted octanol–water partition coefficient (Wildman–Crippen LogP) is 5.22. The molecule has 2 rings (SSSR count). The monoisotopic (exact) mass is 325 g/mol. The van der Waals surface area contributed by atoms with Gasteiger partial charge >= 0.3 is 0 Å². The Morgan fingerprint density at radius 3 is 2.14 bits per heavy atom. The smallest absolute Gasteiger partial charge is 0.131 e. The van der Waals surface area contributed by atoms with Crippen LogP contribution in [-0.4, -0.2) is 9.55 Å². The van der Waals surface area contributed by atoms with Crippen LogP contribution in [0.2, 0.25) is 10.0 Å². The molecular weight excluding hydrogens is 305 g/mol. The van der Waals surface area contributed by atoms with E-state index in [-0.39, 0.29) is 0 Å². The molecule has 0 aliphatic carbocycles. The van der Waals surface area contributed by atoms with Crippen molar-refractivity contribution < 1.29 is 0 Å². The molecule has 0 atom stereocenters. The molecule has 0 saturated carbocycles. The van der Waals surface area contributed by atoms with Crippen LogP contribution in [0.4, 0.5) is 5.82 Å². The van der Waals surface area contributed by atoms with Gasteiger partial charge in [-0.1, -0.05) is 50.9 Å². The summed E-state index contributed by atoms with van der Waals surface area (Å²) in [6.45, 7) is 9.42. The summed E-state index contributed by atoms with van der Waals surface area (Å²) in [5.74, 6) is 2.46. The van der Waals surface area contributed by atoms with E-state index < -0.39 is 0 Å². The topological polar surface area (TPSA) is 43.8 Å². The standard InChI is InChI=1S/C16H21Cl2N3/c1-9(2)8-21-15(19)14(20-16(21)10(3)4)11-5-12(17)7-13(18)6-11/h5-7,9-10H,8,19H2,1-4H3. The molecule has 0 aliphatic rings. The first-order valence-electron chi connectivity index (χ1n) is 7.12. The summed E-state index contributed by atoms with van der Waals surface area (Å²) < 4.78 is 2.10. The Morgan fingerprint density at radius 2 is 1.67 bits per heavy atom. The van der Waals surface area contributed by atoms with Crippen LogP contribution < -0.4 is 5.73 Å². The lowest BCUT2D eigenvalue weighted by Crippen LogP contribution is -2.12. The maximum atomic E-state index is 6.34. The number of hydrogen-bond acceptors (Lipinski definition) is 2. The number of nitrogen functional groups attached to an aromatic ring is 1. The summed E-state index contributed by atoms with van der Waals surface area (Å²) >= 11 is 12.2. The molecule has 1 aromatic carbocycles. The summed E-state index contributed by atoms with van der Waals surface area (Å²) in [4.78, 5) is 4.74. The molecule has 0 bridgehead atoms. The molecule has 0 fully saturated rings. The number of aromatic nitrogens is 2. The minimum Gasteiger partial charge on any atom is -0.383 e. The molecule has 114 valence electrons. The van der Waals surface area contributed by atoms with Gasteiger partial charge < -0.3 is 10.3 Å². The number of imidazole rings is 1. The molecule has 2 aromatic rings. The number of nitrogens with two attached hydrogens (primary N) is 1. The first-order chi connectivity index (χ1) is 9.79. The predicted molar refractivity (Wildman–Crippen MR) is 91.0 cm³/mol. The van der Waals surface area contributed by atoms with Crippen LogP contribution >= 0.6 is 23.2 Å². The van der Waals surface area contributed by atoms with Crippen LogP contribution in [0.15, 0.2) is 18.2 Å². The maximum absolute atomic E-state index is 6.34. The lowest BCUT2D eigenvalue weighted by atomic mass is 10.1. The third-order valence-corrected chi connectivity index (χ3v) is 3.67. The van der Waals surface area contributed by atoms with Crippen molar-refractivity contribution in [3.05, 3.63) is 34.1 Å². The lowest BCUT2D eigenvalue weighted by molar-refractivity contribution is 0.502. The van der Waals surface area contributed by atoms with E-state index in [1.165, 1.54) is 0 Å². The quantitative estimate of drug-likeness (QED) is 0.837. The Bertz CT molecular complexity index is 625. The third kappa shape index (κ3) is 3.53. The van der Waals surface area contributed by atoms with Gasteiger partial charge in [-0.2, -0.15) is 0 Å². The Balaban J connectivity index is 2.59. The fraction of sp³-hybridized carbons (Fsp3) is 0.438. The lowest BCUT2D eigenvalue weighted by Gasteiger charge is -2.14. The first kappa shape index (κ1) is 16.2. The van der Waals surface area contributed by atoms with Crippen molar-refractivity contribution in [1.29, 1.82) is 0 Å². The van der Waals surface area contributed by atoms with Crippen molar-refractivity contribution in [2.75, 3.05) is 5.73 Å². The molecule has 0 unspecified atom stereocenters. The Hall–Kier alpha value is -1.19. The van der Waals surface area contributed by atoms with E-state index in [1.54, 1.807) is 6.07 Å². The van der Waals surface area contributed by atoms with Crippen molar-refractivity contribution >= 4 is 29.0 Å². The summed E-state index contributed by atoms with van der Waals surface area (Å²) in [5, 5.41) is 1.17. The van der Waals surface area contributed by atoms with Gasteiger partial charge in [0.05, 0.1) is 0 Å². The zero-order valence-electron chi connectivity index (χ0n) is 12.8. The van der Waals surface area contributed by atoms with Crippen LogP contribution in [-0.2, 0) is 6.54 Å². The van der Waals surface area contributed by atoms with Crippen LogP contribution in [0.5, 0.6) is 0 Å². The highest BCUT2D eigenvalue weighted by Crippen LogP contribution is 2.33. The van der Waals surface area contributed by atoms with E-state index in [9.17, 15) is 0 Å². The van der Waals surface area contributed by atoms with Crippen molar-refractivity contribution in [2.24, 2.45) is 5.92 Å². The van der Waals surface area contributed by atoms with Crippen LogP contribution in [0.25, 0.3) is 11.3 Å². The zero-order valence-corrected chi connectivity index (χ0v) is 14.3. The number of hydrogen-bond donors (Lipinski definition) is 1. The number of rotatable bonds is 4. The highest BCUT2D eigenvalue weighted by atomic mass is 35.5. The molecule has 3 nitrogen and oxygen atoms in total. The molecule has 5 heteroatoms. The van der Waals surface area contributed by atoms with E-state index in [0.717, 1.165) is 23.6 Å². The second-order valence-corrected chi connectivity index (χ2v) is 6.89. The van der Waals surface area contributed by atoms with E-state index in [1.807, 2.05) is 12.1 Å². The zero-order chi connectivity index (χ0) is 15.7. The van der Waals surface area contributed by atoms with Gasteiger partial charge in [0, 0.05) is 28.1 Å². The minimum atomic E-state index is 0.300. The van der Waals surface area contributed by atoms with Crippen LogP contribution in [0.3, 0.4) is 0 Å². The number of benzene rings is 1. The molecule has 21 heavy (non-hydrogen) atoms. The molecule has 0 spiro atoms. The highest BCUT2D eigenvalue weighted by molar-refractivity contribution is 6.35. The molecule has 0 saturated heterocycles. The second kappa shape index (κ2) is 6.29. The van der Waals surface area contributed by atoms with E-state index in [0.29, 0.717) is 27.7 Å². The van der Waals surface area contributed by atoms with Gasteiger partial charge in [0.2, 0.25) is 0 Å². The van der Waals surface area contributed by atoms with Gasteiger partial charge in [0.1, 0.15) is 17.3 Å². The summed E-state index contributed by atoms with van der Waals surface area (Å²) in [5.41, 5.74) is 7.95. The minimum absolute atomic E-state index is 0.300. The first-order valence-corrected chi connectivity index (χ1v) is 7.87. The summed E-state index contributed by atoms with van der Waals surface area (Å²) in [6, 6.07) is 5.39. The largest absolute Gasteiger partial charge is 0.383 e. The van der Waals surface area contributed by atoms with Crippen molar-refractivity contribution in [1.82, 2.24) is 9.55 Å². The maximum Gasteiger partial charge on any atom is 0.131 e. The molecule has 0 aliphatic heterocycles. The number of halogens is 2. The Morgan fingerprint density at radius 1 is 1.10 bits per heavy atom. The third-order valence-electron chi connectivity index (χ3n) is 3.24. The molecule has 2 N–H and O–H groups in total. The van der Waals surface area contributed by atoms with Gasteiger partial charge in [-0.25, -0.2) is 4.98 Å².